The number of fused-ring (bicyclic) bond motifs is 1. The minimum absolute atomic E-state index is 0. The van der Waals surface area contributed by atoms with Crippen LogP contribution >= 0.6 is 24.0 Å². The molecule has 0 aromatic heterocycles. The van der Waals surface area contributed by atoms with Gasteiger partial charge in [-0.25, -0.2) is 0 Å². The van der Waals surface area contributed by atoms with Crippen molar-refractivity contribution in [3.8, 4) is 5.75 Å². The zero-order valence-corrected chi connectivity index (χ0v) is 17.1. The maximum atomic E-state index is 5.54. The highest BCUT2D eigenvalue weighted by molar-refractivity contribution is 14.0. The number of guanidine groups is 1. The Balaban J connectivity index is 0.00000288. The molecule has 0 bridgehead atoms. The Kier molecular flexibility index (Phi) is 10.8. The zero-order valence-electron chi connectivity index (χ0n) is 14.8. The summed E-state index contributed by atoms with van der Waals surface area (Å²) in [5.74, 6) is 1.92. The van der Waals surface area contributed by atoms with Gasteiger partial charge in [-0.3, -0.25) is 4.99 Å². The third kappa shape index (κ3) is 7.25. The number of halogens is 1. The van der Waals surface area contributed by atoms with Gasteiger partial charge in [0.1, 0.15) is 5.75 Å². The fraction of sp³-hybridized carbons (Fsp3) is 0.611. The Hall–Kier alpha value is -1.02. The Morgan fingerprint density at radius 2 is 2.04 bits per heavy atom. The van der Waals surface area contributed by atoms with Crippen molar-refractivity contribution in [3.05, 3.63) is 29.3 Å². The van der Waals surface area contributed by atoms with E-state index in [9.17, 15) is 0 Å². The summed E-state index contributed by atoms with van der Waals surface area (Å²) in [7, 11) is 3.56. The van der Waals surface area contributed by atoms with Crippen molar-refractivity contribution in [2.75, 3.05) is 40.5 Å². The molecule has 0 fully saturated rings. The number of aliphatic imine (C=N–C) groups is 1. The predicted octanol–water partition coefficient (Wildman–Crippen LogP) is 2.76. The lowest BCUT2D eigenvalue weighted by atomic mass is 10.1. The first-order chi connectivity index (χ1) is 11.3. The maximum absolute atomic E-state index is 5.54. The number of nitrogens with zero attached hydrogens (tertiary/aromatic N) is 1. The summed E-state index contributed by atoms with van der Waals surface area (Å²) < 4.78 is 10.6. The molecular formula is C18H30IN3O2. The van der Waals surface area contributed by atoms with Crippen molar-refractivity contribution in [1.82, 2.24) is 10.6 Å². The Morgan fingerprint density at radius 1 is 1.21 bits per heavy atom. The molecular weight excluding hydrogens is 417 g/mol. The van der Waals surface area contributed by atoms with E-state index in [4.69, 9.17) is 9.47 Å². The molecule has 0 saturated carbocycles. The van der Waals surface area contributed by atoms with E-state index in [1.54, 1.807) is 7.11 Å². The van der Waals surface area contributed by atoms with Crippen LogP contribution in [0, 0.1) is 0 Å². The van der Waals surface area contributed by atoms with Crippen LogP contribution in [0.25, 0.3) is 0 Å². The summed E-state index contributed by atoms with van der Waals surface area (Å²) in [6.07, 6.45) is 5.45. The van der Waals surface area contributed by atoms with Crippen molar-refractivity contribution in [2.45, 2.75) is 32.1 Å². The molecule has 1 aliphatic heterocycles. The van der Waals surface area contributed by atoms with Crippen molar-refractivity contribution < 1.29 is 9.47 Å². The fourth-order valence-corrected chi connectivity index (χ4v) is 2.70. The Labute approximate surface area is 162 Å². The number of hydrogen-bond donors (Lipinski definition) is 2. The Bertz CT molecular complexity index is 509. The molecule has 0 aliphatic carbocycles. The molecule has 1 heterocycles. The second-order valence-corrected chi connectivity index (χ2v) is 5.77. The van der Waals surface area contributed by atoms with Crippen LogP contribution in [0.15, 0.2) is 23.2 Å². The molecule has 0 spiro atoms. The normalized spacial score (nSPS) is 13.0. The molecule has 6 heteroatoms. The fourth-order valence-electron chi connectivity index (χ4n) is 2.70. The smallest absolute Gasteiger partial charge is 0.190 e. The van der Waals surface area contributed by atoms with Gasteiger partial charge in [0.25, 0.3) is 0 Å². The van der Waals surface area contributed by atoms with Gasteiger partial charge in [0.2, 0.25) is 0 Å². The largest absolute Gasteiger partial charge is 0.493 e. The average Bonchev–Trinajstić information content (AvgIpc) is 3.04. The molecule has 0 radical (unpaired) electrons. The van der Waals surface area contributed by atoms with Gasteiger partial charge in [-0.05, 0) is 42.9 Å². The van der Waals surface area contributed by atoms with Crippen LogP contribution in [0.2, 0.25) is 0 Å². The number of benzene rings is 1. The lowest BCUT2D eigenvalue weighted by Crippen LogP contribution is -2.38. The molecule has 1 aromatic carbocycles. The summed E-state index contributed by atoms with van der Waals surface area (Å²) in [5.41, 5.74) is 2.68. The van der Waals surface area contributed by atoms with E-state index in [1.165, 1.54) is 17.5 Å². The van der Waals surface area contributed by atoms with Crippen LogP contribution in [0.1, 0.15) is 30.4 Å². The molecule has 136 valence electrons. The van der Waals surface area contributed by atoms with E-state index in [0.717, 1.165) is 63.7 Å². The van der Waals surface area contributed by atoms with Gasteiger partial charge in [-0.2, -0.15) is 0 Å². The van der Waals surface area contributed by atoms with Gasteiger partial charge in [0.05, 0.1) is 6.61 Å². The highest BCUT2D eigenvalue weighted by Gasteiger charge is 2.11. The first-order valence-corrected chi connectivity index (χ1v) is 8.51. The molecule has 5 nitrogen and oxygen atoms in total. The van der Waals surface area contributed by atoms with Gasteiger partial charge >= 0.3 is 0 Å². The zero-order chi connectivity index (χ0) is 16.3. The summed E-state index contributed by atoms with van der Waals surface area (Å²) in [4.78, 5) is 4.26. The summed E-state index contributed by atoms with van der Waals surface area (Å²) >= 11 is 0. The molecule has 0 amide bonds. The second-order valence-electron chi connectivity index (χ2n) is 5.77. The highest BCUT2D eigenvalue weighted by atomic mass is 127. The highest BCUT2D eigenvalue weighted by Crippen LogP contribution is 2.25. The minimum Gasteiger partial charge on any atom is -0.493 e. The predicted molar refractivity (Wildman–Crippen MR) is 110 cm³/mol. The van der Waals surface area contributed by atoms with Crippen LogP contribution in [0.3, 0.4) is 0 Å². The average molecular weight is 447 g/mol. The van der Waals surface area contributed by atoms with Crippen LogP contribution < -0.4 is 15.4 Å². The van der Waals surface area contributed by atoms with Crippen LogP contribution in [-0.2, 0) is 17.6 Å². The molecule has 0 unspecified atom stereocenters. The van der Waals surface area contributed by atoms with E-state index in [2.05, 4.69) is 33.8 Å². The third-order valence-corrected chi connectivity index (χ3v) is 4.00. The van der Waals surface area contributed by atoms with E-state index in [-0.39, 0.29) is 24.0 Å². The van der Waals surface area contributed by atoms with Crippen molar-refractivity contribution in [2.24, 2.45) is 4.99 Å². The number of nitrogens with one attached hydrogen (secondary N) is 2. The van der Waals surface area contributed by atoms with Gasteiger partial charge in [-0.15, -0.1) is 24.0 Å². The quantitative estimate of drug-likeness (QED) is 0.265. The lowest BCUT2D eigenvalue weighted by molar-refractivity contribution is 0.192. The molecule has 2 N–H and O–H groups in total. The van der Waals surface area contributed by atoms with E-state index in [1.807, 2.05) is 7.05 Å². The minimum atomic E-state index is 0. The monoisotopic (exact) mass is 447 g/mol. The standard InChI is InChI=1S/C18H29N3O2.HI/c1-19-18(20-10-4-3-5-12-22-2)21-11-8-15-6-7-17-16(14-15)9-13-23-17;/h6-7,14H,3-5,8-13H2,1-2H3,(H2,19,20,21);1H. The molecule has 24 heavy (non-hydrogen) atoms. The maximum Gasteiger partial charge on any atom is 0.190 e. The topological polar surface area (TPSA) is 54.9 Å². The first kappa shape index (κ1) is 21.0. The van der Waals surface area contributed by atoms with Crippen molar-refractivity contribution in [3.63, 3.8) is 0 Å². The lowest BCUT2D eigenvalue weighted by Gasteiger charge is -2.12. The van der Waals surface area contributed by atoms with E-state index < -0.39 is 0 Å². The molecule has 1 aromatic rings. The van der Waals surface area contributed by atoms with E-state index >= 15 is 0 Å². The second kappa shape index (κ2) is 12.4. The van der Waals surface area contributed by atoms with Gasteiger partial charge in [-0.1, -0.05) is 12.1 Å². The van der Waals surface area contributed by atoms with Crippen LogP contribution in [0.5, 0.6) is 5.75 Å². The summed E-state index contributed by atoms with van der Waals surface area (Å²) in [5, 5.41) is 6.72. The SMILES string of the molecule is CN=C(NCCCCCOC)NCCc1ccc2c(c1)CCO2.I. The van der Waals surface area contributed by atoms with Gasteiger partial charge in [0.15, 0.2) is 5.96 Å². The van der Waals surface area contributed by atoms with Gasteiger partial charge in [0, 0.05) is 40.3 Å². The molecule has 1 aliphatic rings. The van der Waals surface area contributed by atoms with Crippen molar-refractivity contribution in [1.29, 1.82) is 0 Å². The first-order valence-electron chi connectivity index (χ1n) is 8.51. The molecule has 0 saturated heterocycles. The summed E-state index contributed by atoms with van der Waals surface area (Å²) in [6.45, 7) is 3.49. The number of unbranched alkanes of at least 4 members (excludes halogenated alkanes) is 2. The Morgan fingerprint density at radius 3 is 2.83 bits per heavy atom. The van der Waals surface area contributed by atoms with Crippen molar-refractivity contribution >= 4 is 29.9 Å². The van der Waals surface area contributed by atoms with Crippen LogP contribution in [-0.4, -0.2) is 46.4 Å². The summed E-state index contributed by atoms with van der Waals surface area (Å²) in [6, 6.07) is 6.50. The van der Waals surface area contributed by atoms with E-state index in [0.29, 0.717) is 0 Å². The van der Waals surface area contributed by atoms with Crippen LogP contribution in [0.4, 0.5) is 0 Å². The number of rotatable bonds is 9. The number of hydrogen-bond acceptors (Lipinski definition) is 3. The molecule has 0 atom stereocenters. The number of methoxy groups -OCH3 is 1. The van der Waals surface area contributed by atoms with Gasteiger partial charge < -0.3 is 20.1 Å². The number of ether oxygens (including phenoxy) is 2. The molecule has 2 rings (SSSR count). The third-order valence-electron chi connectivity index (χ3n) is 4.00.